The van der Waals surface area contributed by atoms with Crippen LogP contribution < -0.4 is 11.1 Å². The van der Waals surface area contributed by atoms with Crippen LogP contribution in [0.4, 0.5) is 0 Å². The molecule has 0 aromatic heterocycles. The largest absolute Gasteiger partial charge is 0.323 e. The Bertz CT molecular complexity index is 766. The maximum Gasteiger partial charge on any atom is 0.255 e. The number of amides is 3. The molecule has 0 aliphatic carbocycles. The van der Waals surface area contributed by atoms with E-state index in [9.17, 15) is 14.4 Å². The van der Waals surface area contributed by atoms with Crippen molar-refractivity contribution < 1.29 is 14.4 Å². The number of rotatable bonds is 3. The third-order valence-electron chi connectivity index (χ3n) is 5.24. The number of hydrogen-bond acceptors (Lipinski definition) is 5. The normalized spacial score (nSPS) is 25.6. The van der Waals surface area contributed by atoms with E-state index in [1.165, 1.54) is 0 Å². The van der Waals surface area contributed by atoms with Crippen LogP contribution in [-0.4, -0.2) is 52.2 Å². The van der Waals surface area contributed by atoms with Gasteiger partial charge >= 0.3 is 0 Å². The van der Waals surface area contributed by atoms with Crippen molar-refractivity contribution in [2.24, 2.45) is 5.73 Å². The van der Waals surface area contributed by atoms with E-state index in [1.807, 2.05) is 25.1 Å². The average molecular weight is 342 g/mol. The van der Waals surface area contributed by atoms with Crippen molar-refractivity contribution in [1.82, 2.24) is 15.1 Å². The van der Waals surface area contributed by atoms with Crippen LogP contribution in [0, 0.1) is 0 Å². The lowest BCUT2D eigenvalue weighted by molar-refractivity contribution is -0.136. The Morgan fingerprint density at radius 2 is 2.04 bits per heavy atom. The van der Waals surface area contributed by atoms with Crippen LogP contribution in [0.1, 0.15) is 41.3 Å². The van der Waals surface area contributed by atoms with Gasteiger partial charge in [-0.3, -0.25) is 24.6 Å². The highest BCUT2D eigenvalue weighted by Crippen LogP contribution is 2.31. The Hall–Kier alpha value is -2.25. The zero-order valence-corrected chi connectivity index (χ0v) is 14.2. The number of nitrogens with zero attached hydrogens (tertiary/aromatic N) is 2. The van der Waals surface area contributed by atoms with Crippen molar-refractivity contribution in [3.63, 3.8) is 0 Å². The van der Waals surface area contributed by atoms with Gasteiger partial charge in [-0.2, -0.15) is 0 Å². The number of likely N-dealkylation sites (tertiary alicyclic amines) is 1. The summed E-state index contributed by atoms with van der Waals surface area (Å²) < 4.78 is 0. The second-order valence-electron chi connectivity index (χ2n) is 7.64. The molecule has 3 heterocycles. The number of piperidine rings is 1. The predicted molar refractivity (Wildman–Crippen MR) is 90.4 cm³/mol. The van der Waals surface area contributed by atoms with Gasteiger partial charge in [0.05, 0.1) is 0 Å². The topological polar surface area (TPSA) is 95.7 Å². The molecule has 4 rings (SSSR count). The quantitative estimate of drug-likeness (QED) is 0.753. The minimum atomic E-state index is -0.568. The maximum atomic E-state index is 12.8. The fourth-order valence-electron chi connectivity index (χ4n) is 4.13. The fraction of sp³-hybridized carbons (Fsp3) is 0.500. The number of imide groups is 1. The molecular formula is C18H22N4O3. The van der Waals surface area contributed by atoms with E-state index < -0.39 is 6.04 Å². The number of hydrogen-bond donors (Lipinski definition) is 2. The van der Waals surface area contributed by atoms with Crippen molar-refractivity contribution in [2.45, 2.75) is 44.4 Å². The molecule has 1 aromatic carbocycles. The molecule has 2 fully saturated rings. The molecule has 3 N–H and O–H groups in total. The molecule has 1 aromatic rings. The Labute approximate surface area is 146 Å². The molecule has 2 saturated heterocycles. The van der Waals surface area contributed by atoms with Gasteiger partial charge in [-0.05, 0) is 30.5 Å². The first-order valence-electron chi connectivity index (χ1n) is 8.61. The average Bonchev–Trinajstić information content (AvgIpc) is 2.84. The summed E-state index contributed by atoms with van der Waals surface area (Å²) in [5.74, 6) is -0.770. The van der Waals surface area contributed by atoms with Crippen molar-refractivity contribution in [3.05, 3.63) is 34.9 Å². The van der Waals surface area contributed by atoms with Crippen LogP contribution >= 0.6 is 0 Å². The SMILES string of the molecule is CC1(N)CN(Cc2cccc3c2CN(C2CCC(=O)NC2=O)C3=O)C1. The summed E-state index contributed by atoms with van der Waals surface area (Å²) in [7, 11) is 0. The first kappa shape index (κ1) is 16.2. The minimum absolute atomic E-state index is 0.126. The molecule has 25 heavy (non-hydrogen) atoms. The number of benzene rings is 1. The molecule has 3 amide bonds. The van der Waals surface area contributed by atoms with Gasteiger partial charge in [0.25, 0.3) is 5.91 Å². The molecule has 1 atom stereocenters. The molecular weight excluding hydrogens is 320 g/mol. The summed E-state index contributed by atoms with van der Waals surface area (Å²) in [6.45, 7) is 4.88. The molecule has 0 saturated carbocycles. The second kappa shape index (κ2) is 5.64. The van der Waals surface area contributed by atoms with Gasteiger partial charge in [-0.25, -0.2) is 0 Å². The van der Waals surface area contributed by atoms with Gasteiger partial charge in [-0.15, -0.1) is 0 Å². The van der Waals surface area contributed by atoms with Gasteiger partial charge in [0, 0.05) is 43.7 Å². The van der Waals surface area contributed by atoms with E-state index in [0.29, 0.717) is 18.5 Å². The summed E-state index contributed by atoms with van der Waals surface area (Å²) >= 11 is 0. The van der Waals surface area contributed by atoms with E-state index >= 15 is 0 Å². The van der Waals surface area contributed by atoms with Crippen molar-refractivity contribution >= 4 is 17.7 Å². The van der Waals surface area contributed by atoms with Crippen LogP contribution in [0.25, 0.3) is 0 Å². The standard InChI is InChI=1S/C18H22N4O3/c1-18(19)9-21(10-18)7-11-3-2-4-12-13(11)8-22(17(12)25)14-5-6-15(23)20-16(14)24/h2-4,14H,5-10,19H2,1H3,(H,20,23,24). The minimum Gasteiger partial charge on any atom is -0.323 e. The van der Waals surface area contributed by atoms with E-state index in [4.69, 9.17) is 5.73 Å². The summed E-state index contributed by atoms with van der Waals surface area (Å²) in [4.78, 5) is 40.1. The lowest BCUT2D eigenvalue weighted by Crippen LogP contribution is -2.64. The van der Waals surface area contributed by atoms with E-state index in [-0.39, 0.29) is 29.7 Å². The fourth-order valence-corrected chi connectivity index (χ4v) is 4.13. The predicted octanol–water partition coefficient (Wildman–Crippen LogP) is -0.0194. The van der Waals surface area contributed by atoms with Gasteiger partial charge < -0.3 is 10.6 Å². The summed E-state index contributed by atoms with van der Waals surface area (Å²) in [5, 5.41) is 2.33. The van der Waals surface area contributed by atoms with Crippen molar-refractivity contribution in [1.29, 1.82) is 0 Å². The highest BCUT2D eigenvalue weighted by Gasteiger charge is 2.40. The maximum absolute atomic E-state index is 12.8. The number of carbonyl (C=O) groups is 3. The van der Waals surface area contributed by atoms with Crippen LogP contribution in [0.5, 0.6) is 0 Å². The van der Waals surface area contributed by atoms with Gasteiger partial charge in [-0.1, -0.05) is 12.1 Å². The Morgan fingerprint density at radius 3 is 2.72 bits per heavy atom. The molecule has 132 valence electrons. The lowest BCUT2D eigenvalue weighted by atomic mass is 9.92. The van der Waals surface area contributed by atoms with Gasteiger partial charge in [0.15, 0.2) is 0 Å². The number of nitrogens with two attached hydrogens (primary N) is 1. The smallest absolute Gasteiger partial charge is 0.255 e. The molecule has 7 nitrogen and oxygen atoms in total. The summed E-state index contributed by atoms with van der Waals surface area (Å²) in [5.41, 5.74) is 8.70. The molecule has 3 aliphatic heterocycles. The molecule has 1 unspecified atom stereocenters. The number of fused-ring (bicyclic) bond motifs is 1. The van der Waals surface area contributed by atoms with E-state index in [2.05, 4.69) is 10.2 Å². The zero-order valence-electron chi connectivity index (χ0n) is 14.2. The highest BCUT2D eigenvalue weighted by atomic mass is 16.2. The molecule has 0 spiro atoms. The van der Waals surface area contributed by atoms with Crippen LogP contribution in [-0.2, 0) is 22.7 Å². The van der Waals surface area contributed by atoms with Crippen molar-refractivity contribution in [3.8, 4) is 0 Å². The third-order valence-corrected chi connectivity index (χ3v) is 5.24. The molecule has 3 aliphatic rings. The zero-order chi connectivity index (χ0) is 17.8. The Morgan fingerprint density at radius 1 is 1.28 bits per heavy atom. The monoisotopic (exact) mass is 342 g/mol. The summed E-state index contributed by atoms with van der Waals surface area (Å²) in [6.07, 6.45) is 0.656. The van der Waals surface area contributed by atoms with Crippen molar-refractivity contribution in [2.75, 3.05) is 13.1 Å². The van der Waals surface area contributed by atoms with Crippen LogP contribution in [0.3, 0.4) is 0 Å². The second-order valence-corrected chi connectivity index (χ2v) is 7.64. The van der Waals surface area contributed by atoms with Crippen LogP contribution in [0.15, 0.2) is 18.2 Å². The highest BCUT2D eigenvalue weighted by molar-refractivity contribution is 6.05. The Balaban J connectivity index is 1.54. The first-order valence-corrected chi connectivity index (χ1v) is 8.61. The van der Waals surface area contributed by atoms with E-state index in [0.717, 1.165) is 30.8 Å². The number of carbonyl (C=O) groups excluding carboxylic acids is 3. The molecule has 0 radical (unpaired) electrons. The van der Waals surface area contributed by atoms with Crippen LogP contribution in [0.2, 0.25) is 0 Å². The Kier molecular flexibility index (Phi) is 3.66. The third kappa shape index (κ3) is 2.83. The molecule has 7 heteroatoms. The van der Waals surface area contributed by atoms with Gasteiger partial charge in [0.1, 0.15) is 6.04 Å². The van der Waals surface area contributed by atoms with Gasteiger partial charge in [0.2, 0.25) is 11.8 Å². The first-order chi connectivity index (χ1) is 11.8. The molecule has 0 bridgehead atoms. The summed E-state index contributed by atoms with van der Waals surface area (Å²) in [6, 6.07) is 5.17. The van der Waals surface area contributed by atoms with E-state index in [1.54, 1.807) is 4.90 Å². The lowest BCUT2D eigenvalue weighted by Gasteiger charge is -2.45. The number of nitrogens with one attached hydrogen (secondary N) is 1.